The van der Waals surface area contributed by atoms with Crippen molar-refractivity contribution in [3.05, 3.63) is 70.8 Å². The number of carboxylic acids is 1. The maximum Gasteiger partial charge on any atom is 0.336 e. The van der Waals surface area contributed by atoms with Crippen molar-refractivity contribution in [2.75, 3.05) is 6.54 Å². The van der Waals surface area contributed by atoms with Gasteiger partial charge in [0.25, 0.3) is 11.8 Å². The van der Waals surface area contributed by atoms with E-state index in [0.29, 0.717) is 0 Å². The summed E-state index contributed by atoms with van der Waals surface area (Å²) in [5.41, 5.74) is 0.305. The third-order valence-corrected chi connectivity index (χ3v) is 3.64. The Labute approximate surface area is 131 Å². The SMILES string of the molecule is O=C(O)c1ccccc1C(=O)CN1C(=O)c2ccccc2C1=O. The lowest BCUT2D eigenvalue weighted by Crippen LogP contribution is -2.35. The summed E-state index contributed by atoms with van der Waals surface area (Å²) >= 11 is 0. The summed E-state index contributed by atoms with van der Waals surface area (Å²) in [4.78, 5) is 48.8. The van der Waals surface area contributed by atoms with E-state index in [2.05, 4.69) is 0 Å². The number of carbonyl (C=O) groups is 4. The minimum Gasteiger partial charge on any atom is -0.478 e. The summed E-state index contributed by atoms with van der Waals surface area (Å²) in [6.07, 6.45) is 0. The van der Waals surface area contributed by atoms with Gasteiger partial charge in [-0.05, 0) is 18.2 Å². The van der Waals surface area contributed by atoms with Crippen molar-refractivity contribution in [1.29, 1.82) is 0 Å². The van der Waals surface area contributed by atoms with E-state index in [1.54, 1.807) is 12.1 Å². The monoisotopic (exact) mass is 309 g/mol. The van der Waals surface area contributed by atoms with Crippen LogP contribution in [-0.4, -0.2) is 40.1 Å². The molecule has 2 amide bonds. The second-order valence-electron chi connectivity index (χ2n) is 5.02. The molecule has 0 unspecified atom stereocenters. The maximum atomic E-state index is 12.4. The molecule has 0 bridgehead atoms. The number of carbonyl (C=O) groups excluding carboxylic acids is 3. The van der Waals surface area contributed by atoms with Crippen LogP contribution in [-0.2, 0) is 0 Å². The molecule has 6 nitrogen and oxygen atoms in total. The number of fused-ring (bicyclic) bond motifs is 1. The van der Waals surface area contributed by atoms with Crippen molar-refractivity contribution in [2.24, 2.45) is 0 Å². The molecule has 3 rings (SSSR count). The van der Waals surface area contributed by atoms with Crippen molar-refractivity contribution >= 4 is 23.6 Å². The molecule has 2 aromatic carbocycles. The Kier molecular flexibility index (Phi) is 3.50. The van der Waals surface area contributed by atoms with Gasteiger partial charge in [0, 0.05) is 5.56 Å². The molecule has 1 N–H and O–H groups in total. The quantitative estimate of drug-likeness (QED) is 0.687. The van der Waals surface area contributed by atoms with Gasteiger partial charge in [0.2, 0.25) is 0 Å². The molecule has 1 aliphatic heterocycles. The van der Waals surface area contributed by atoms with E-state index in [-0.39, 0.29) is 22.3 Å². The van der Waals surface area contributed by atoms with Crippen molar-refractivity contribution in [3.8, 4) is 0 Å². The first kappa shape index (κ1) is 14.6. The van der Waals surface area contributed by atoms with Gasteiger partial charge in [-0.15, -0.1) is 0 Å². The van der Waals surface area contributed by atoms with Crippen LogP contribution in [0.4, 0.5) is 0 Å². The Morgan fingerprint density at radius 1 is 0.826 bits per heavy atom. The van der Waals surface area contributed by atoms with E-state index in [0.717, 1.165) is 4.90 Å². The van der Waals surface area contributed by atoms with Crippen LogP contribution in [0.15, 0.2) is 48.5 Å². The van der Waals surface area contributed by atoms with Gasteiger partial charge in [0.15, 0.2) is 5.78 Å². The second kappa shape index (κ2) is 5.49. The molecule has 0 saturated heterocycles. The molecule has 0 aliphatic carbocycles. The van der Waals surface area contributed by atoms with Crippen molar-refractivity contribution < 1.29 is 24.3 Å². The molecular formula is C17H11NO5. The first-order chi connectivity index (χ1) is 11.0. The Balaban J connectivity index is 1.90. The fraction of sp³-hybridized carbons (Fsp3) is 0.0588. The summed E-state index contributed by atoms with van der Waals surface area (Å²) < 4.78 is 0. The third kappa shape index (κ3) is 2.40. The normalized spacial score (nSPS) is 13.1. The largest absolute Gasteiger partial charge is 0.478 e. The summed E-state index contributed by atoms with van der Waals surface area (Å²) in [5, 5.41) is 9.12. The van der Waals surface area contributed by atoms with Crippen LogP contribution >= 0.6 is 0 Å². The van der Waals surface area contributed by atoms with E-state index in [1.165, 1.54) is 36.4 Å². The molecule has 23 heavy (non-hydrogen) atoms. The van der Waals surface area contributed by atoms with Crippen LogP contribution < -0.4 is 0 Å². The average molecular weight is 309 g/mol. The Morgan fingerprint density at radius 3 is 1.83 bits per heavy atom. The zero-order valence-electron chi connectivity index (χ0n) is 11.9. The number of hydrogen-bond acceptors (Lipinski definition) is 4. The van der Waals surface area contributed by atoms with Crippen LogP contribution in [0.25, 0.3) is 0 Å². The number of carboxylic acid groups (broad SMARTS) is 1. The number of Topliss-reactive ketones (excluding diaryl/α,β-unsaturated/α-hetero) is 1. The standard InChI is InChI=1S/C17H11NO5/c19-14(10-5-1-4-8-13(10)17(22)23)9-18-15(20)11-6-2-3-7-12(11)16(18)21/h1-8H,9H2,(H,22,23). The number of ketones is 1. The highest BCUT2D eigenvalue weighted by atomic mass is 16.4. The zero-order valence-corrected chi connectivity index (χ0v) is 11.9. The Morgan fingerprint density at radius 2 is 1.30 bits per heavy atom. The van der Waals surface area contributed by atoms with E-state index in [1.807, 2.05) is 0 Å². The molecule has 0 atom stereocenters. The van der Waals surface area contributed by atoms with Gasteiger partial charge in [-0.3, -0.25) is 19.3 Å². The smallest absolute Gasteiger partial charge is 0.336 e. The number of benzene rings is 2. The maximum absolute atomic E-state index is 12.4. The number of hydrogen-bond donors (Lipinski definition) is 1. The predicted octanol–water partition coefficient (Wildman–Crippen LogP) is 1.86. The molecule has 1 heterocycles. The Bertz CT molecular complexity index is 821. The number of aromatic carboxylic acids is 1. The zero-order chi connectivity index (χ0) is 16.6. The molecule has 1 aliphatic rings. The van der Waals surface area contributed by atoms with E-state index in [4.69, 9.17) is 5.11 Å². The van der Waals surface area contributed by atoms with Crippen LogP contribution in [0.2, 0.25) is 0 Å². The highest BCUT2D eigenvalue weighted by Gasteiger charge is 2.36. The van der Waals surface area contributed by atoms with Gasteiger partial charge < -0.3 is 5.11 Å². The van der Waals surface area contributed by atoms with Gasteiger partial charge in [0.05, 0.1) is 23.2 Å². The fourth-order valence-electron chi connectivity index (χ4n) is 2.52. The number of imide groups is 1. The summed E-state index contributed by atoms with van der Waals surface area (Å²) in [6, 6.07) is 12.0. The topological polar surface area (TPSA) is 91.8 Å². The van der Waals surface area contributed by atoms with Crippen LogP contribution in [0.3, 0.4) is 0 Å². The fourth-order valence-corrected chi connectivity index (χ4v) is 2.52. The van der Waals surface area contributed by atoms with Crippen LogP contribution in [0.1, 0.15) is 41.4 Å². The van der Waals surface area contributed by atoms with Crippen LogP contribution in [0.5, 0.6) is 0 Å². The second-order valence-corrected chi connectivity index (χ2v) is 5.02. The molecule has 0 saturated carbocycles. The number of amides is 2. The van der Waals surface area contributed by atoms with E-state index in [9.17, 15) is 19.2 Å². The first-order valence-corrected chi connectivity index (χ1v) is 6.81. The molecule has 6 heteroatoms. The lowest BCUT2D eigenvalue weighted by Gasteiger charge is -2.13. The molecule has 0 radical (unpaired) electrons. The lowest BCUT2D eigenvalue weighted by molar-refractivity contribution is 0.0624. The summed E-state index contributed by atoms with van der Waals surface area (Å²) in [7, 11) is 0. The van der Waals surface area contributed by atoms with Crippen molar-refractivity contribution in [2.45, 2.75) is 0 Å². The summed E-state index contributed by atoms with van der Waals surface area (Å²) in [5.74, 6) is -2.94. The van der Waals surface area contributed by atoms with Gasteiger partial charge in [-0.1, -0.05) is 30.3 Å². The van der Waals surface area contributed by atoms with Gasteiger partial charge in [0.1, 0.15) is 0 Å². The minimum atomic E-state index is -1.24. The van der Waals surface area contributed by atoms with Gasteiger partial charge in [-0.25, -0.2) is 4.79 Å². The summed E-state index contributed by atoms with van der Waals surface area (Å²) in [6.45, 7) is -0.489. The lowest BCUT2D eigenvalue weighted by atomic mass is 10.0. The molecule has 0 aromatic heterocycles. The Hall–Kier alpha value is -3.28. The van der Waals surface area contributed by atoms with Gasteiger partial charge in [-0.2, -0.15) is 0 Å². The highest BCUT2D eigenvalue weighted by Crippen LogP contribution is 2.23. The van der Waals surface area contributed by atoms with Crippen LogP contribution in [0, 0.1) is 0 Å². The molecule has 0 spiro atoms. The van der Waals surface area contributed by atoms with Crippen molar-refractivity contribution in [1.82, 2.24) is 4.90 Å². The molecule has 114 valence electrons. The van der Waals surface area contributed by atoms with E-state index >= 15 is 0 Å². The van der Waals surface area contributed by atoms with Crippen molar-refractivity contribution in [3.63, 3.8) is 0 Å². The first-order valence-electron chi connectivity index (χ1n) is 6.81. The number of rotatable bonds is 4. The third-order valence-electron chi connectivity index (χ3n) is 3.64. The molecule has 0 fully saturated rings. The highest BCUT2D eigenvalue weighted by molar-refractivity contribution is 6.23. The predicted molar refractivity (Wildman–Crippen MR) is 79.5 cm³/mol. The average Bonchev–Trinajstić information content (AvgIpc) is 2.80. The van der Waals surface area contributed by atoms with Gasteiger partial charge >= 0.3 is 5.97 Å². The molecule has 2 aromatic rings. The van der Waals surface area contributed by atoms with E-state index < -0.39 is 30.1 Å². The minimum absolute atomic E-state index is 0.0310. The molecular weight excluding hydrogens is 298 g/mol. The number of nitrogens with zero attached hydrogens (tertiary/aromatic N) is 1.